The molecule has 1 N–H and O–H groups in total. The Kier molecular flexibility index (Phi) is 4.92. The monoisotopic (exact) mass is 332 g/mol. The van der Waals surface area contributed by atoms with Crippen LogP contribution in [0.5, 0.6) is 0 Å². The van der Waals surface area contributed by atoms with E-state index in [1.54, 1.807) is 7.05 Å². The molecule has 0 unspecified atom stereocenters. The molecule has 9 heteroatoms. The van der Waals surface area contributed by atoms with Gasteiger partial charge in [-0.25, -0.2) is 13.4 Å². The average Bonchev–Trinajstić information content (AvgIpc) is 3.01. The summed E-state index contributed by atoms with van der Waals surface area (Å²) in [5, 5.41) is 7.43. The Morgan fingerprint density at radius 2 is 2.24 bits per heavy atom. The van der Waals surface area contributed by atoms with Crippen LogP contribution in [-0.4, -0.2) is 64.8 Å². The van der Waals surface area contributed by atoms with Gasteiger partial charge in [-0.3, -0.25) is 9.89 Å². The Morgan fingerprint density at radius 3 is 2.76 bits per heavy atom. The van der Waals surface area contributed by atoms with Crippen LogP contribution >= 0.6 is 11.8 Å². The molecule has 1 fully saturated rings. The number of aromatic amines is 1. The van der Waals surface area contributed by atoms with Crippen molar-refractivity contribution in [1.82, 2.24) is 20.1 Å². The topological polar surface area (TPSA) is 96.0 Å². The Bertz CT molecular complexity index is 612. The second kappa shape index (κ2) is 6.35. The zero-order valence-corrected chi connectivity index (χ0v) is 14.0. The minimum Gasteiger partial charge on any atom is -0.341 e. The molecule has 1 aromatic rings. The lowest BCUT2D eigenvalue weighted by atomic mass is 10.2. The second-order valence-electron chi connectivity index (χ2n) is 5.51. The Morgan fingerprint density at radius 1 is 1.52 bits per heavy atom. The molecule has 0 saturated carbocycles. The van der Waals surface area contributed by atoms with Gasteiger partial charge in [0.05, 0.1) is 17.3 Å². The number of H-pyrrole nitrogens is 1. The molecule has 0 bridgehead atoms. The molecule has 1 atom stereocenters. The molecule has 1 aromatic heterocycles. The fourth-order valence-corrected chi connectivity index (χ4v) is 4.60. The molecule has 118 valence electrons. The third kappa shape index (κ3) is 4.19. The number of nitrogens with one attached hydrogen (secondary N) is 1. The average molecular weight is 332 g/mol. The summed E-state index contributed by atoms with van der Waals surface area (Å²) in [6.07, 6.45) is 0.521. The summed E-state index contributed by atoms with van der Waals surface area (Å²) in [6.45, 7) is 4.02. The molecule has 0 aromatic carbocycles. The van der Waals surface area contributed by atoms with E-state index >= 15 is 0 Å². The first-order chi connectivity index (χ1) is 9.78. The van der Waals surface area contributed by atoms with Gasteiger partial charge in [0.2, 0.25) is 11.1 Å². The molecule has 0 aliphatic carbocycles. The lowest BCUT2D eigenvalue weighted by Gasteiger charge is -2.22. The zero-order valence-electron chi connectivity index (χ0n) is 12.4. The number of carbonyl (C=O) groups is 1. The lowest BCUT2D eigenvalue weighted by Crippen LogP contribution is -2.38. The zero-order chi connectivity index (χ0) is 15.6. The van der Waals surface area contributed by atoms with Gasteiger partial charge in [-0.15, -0.1) is 5.10 Å². The van der Waals surface area contributed by atoms with E-state index in [0.29, 0.717) is 11.6 Å². The molecule has 7 nitrogen and oxygen atoms in total. The van der Waals surface area contributed by atoms with E-state index in [4.69, 9.17) is 0 Å². The van der Waals surface area contributed by atoms with Gasteiger partial charge in [0, 0.05) is 19.0 Å². The molecule has 2 rings (SSSR count). The number of hydrogen-bond acceptors (Lipinski definition) is 6. The fraction of sp³-hybridized carbons (Fsp3) is 0.750. The third-order valence-corrected chi connectivity index (χ3v) is 6.09. The van der Waals surface area contributed by atoms with Crippen LogP contribution in [0.2, 0.25) is 0 Å². The Balaban J connectivity index is 1.86. The highest BCUT2D eigenvalue weighted by atomic mass is 32.2. The van der Waals surface area contributed by atoms with Crippen LogP contribution in [0.4, 0.5) is 0 Å². The molecule has 0 spiro atoms. The summed E-state index contributed by atoms with van der Waals surface area (Å²) in [7, 11) is -1.32. The van der Waals surface area contributed by atoms with Crippen LogP contribution < -0.4 is 0 Å². The van der Waals surface area contributed by atoms with Crippen LogP contribution in [0.25, 0.3) is 0 Å². The molecule has 1 amide bonds. The molecular formula is C12H20N4O3S2. The van der Waals surface area contributed by atoms with Gasteiger partial charge in [0.15, 0.2) is 9.84 Å². The van der Waals surface area contributed by atoms with Gasteiger partial charge in [0.25, 0.3) is 0 Å². The number of sulfone groups is 1. The molecular weight excluding hydrogens is 312 g/mol. The lowest BCUT2D eigenvalue weighted by molar-refractivity contribution is -0.128. The van der Waals surface area contributed by atoms with E-state index in [0.717, 1.165) is 5.82 Å². The molecule has 0 radical (unpaired) electrons. The number of aromatic nitrogens is 3. The van der Waals surface area contributed by atoms with E-state index in [-0.39, 0.29) is 35.1 Å². The summed E-state index contributed by atoms with van der Waals surface area (Å²) in [4.78, 5) is 17.9. The molecule has 1 aliphatic rings. The van der Waals surface area contributed by atoms with Gasteiger partial charge in [0.1, 0.15) is 5.82 Å². The number of thioether (sulfide) groups is 1. The van der Waals surface area contributed by atoms with Crippen molar-refractivity contribution in [1.29, 1.82) is 0 Å². The van der Waals surface area contributed by atoms with Crippen molar-refractivity contribution >= 4 is 27.5 Å². The van der Waals surface area contributed by atoms with Crippen molar-refractivity contribution < 1.29 is 13.2 Å². The molecule has 1 aliphatic heterocycles. The third-order valence-electron chi connectivity index (χ3n) is 3.50. The SMILES string of the molecule is CC(C)c1nc(SCC(=O)N(C)[C@H]2CCS(=O)(=O)C2)n[nH]1. The van der Waals surface area contributed by atoms with Crippen molar-refractivity contribution in [2.45, 2.75) is 37.4 Å². The van der Waals surface area contributed by atoms with Crippen molar-refractivity contribution in [2.24, 2.45) is 0 Å². The summed E-state index contributed by atoms with van der Waals surface area (Å²) >= 11 is 1.26. The Labute approximate surface area is 128 Å². The normalized spacial score (nSPS) is 20.9. The number of nitrogens with zero attached hydrogens (tertiary/aromatic N) is 3. The predicted octanol–water partition coefficient (Wildman–Crippen LogP) is 0.666. The highest BCUT2D eigenvalue weighted by molar-refractivity contribution is 7.99. The van der Waals surface area contributed by atoms with Crippen molar-refractivity contribution in [3.63, 3.8) is 0 Å². The van der Waals surface area contributed by atoms with Crippen LogP contribution in [0.15, 0.2) is 5.16 Å². The Hall–Kier alpha value is -1.09. The maximum absolute atomic E-state index is 12.1. The predicted molar refractivity (Wildman–Crippen MR) is 81.0 cm³/mol. The van der Waals surface area contributed by atoms with Crippen LogP contribution in [0, 0.1) is 0 Å². The first-order valence-corrected chi connectivity index (χ1v) is 9.60. The van der Waals surface area contributed by atoms with Crippen molar-refractivity contribution in [2.75, 3.05) is 24.3 Å². The molecule has 1 saturated heterocycles. The summed E-state index contributed by atoms with van der Waals surface area (Å²) in [5.74, 6) is 1.40. The first kappa shape index (κ1) is 16.3. The molecule has 2 heterocycles. The standard InChI is InChI=1S/C12H20N4O3S2/c1-8(2)11-13-12(15-14-11)20-6-10(17)16(3)9-4-5-21(18,19)7-9/h8-9H,4-7H2,1-3H3,(H,13,14,15)/t9-/m0/s1. The summed E-state index contributed by atoms with van der Waals surface area (Å²) < 4.78 is 22.9. The van der Waals surface area contributed by atoms with Crippen LogP contribution in [0.3, 0.4) is 0 Å². The fourth-order valence-electron chi connectivity index (χ4n) is 2.09. The highest BCUT2D eigenvalue weighted by Crippen LogP contribution is 2.20. The van der Waals surface area contributed by atoms with Crippen molar-refractivity contribution in [3.05, 3.63) is 5.82 Å². The smallest absolute Gasteiger partial charge is 0.233 e. The van der Waals surface area contributed by atoms with E-state index in [9.17, 15) is 13.2 Å². The second-order valence-corrected chi connectivity index (χ2v) is 8.68. The summed E-state index contributed by atoms with van der Waals surface area (Å²) in [5.41, 5.74) is 0. The van der Waals surface area contributed by atoms with Gasteiger partial charge in [-0.1, -0.05) is 25.6 Å². The number of carbonyl (C=O) groups excluding carboxylic acids is 1. The van der Waals surface area contributed by atoms with Crippen LogP contribution in [-0.2, 0) is 14.6 Å². The van der Waals surface area contributed by atoms with Gasteiger partial charge >= 0.3 is 0 Å². The molecule has 21 heavy (non-hydrogen) atoms. The minimum atomic E-state index is -2.98. The van der Waals surface area contributed by atoms with E-state index < -0.39 is 9.84 Å². The van der Waals surface area contributed by atoms with Crippen LogP contribution in [0.1, 0.15) is 32.0 Å². The van der Waals surface area contributed by atoms with E-state index in [1.807, 2.05) is 13.8 Å². The first-order valence-electron chi connectivity index (χ1n) is 6.79. The van der Waals surface area contributed by atoms with Crippen molar-refractivity contribution in [3.8, 4) is 0 Å². The largest absolute Gasteiger partial charge is 0.341 e. The number of hydrogen-bond donors (Lipinski definition) is 1. The van der Waals surface area contributed by atoms with Gasteiger partial charge < -0.3 is 4.90 Å². The summed E-state index contributed by atoms with van der Waals surface area (Å²) in [6, 6.07) is -0.207. The number of amides is 1. The minimum absolute atomic E-state index is 0.0675. The highest BCUT2D eigenvalue weighted by Gasteiger charge is 2.32. The maximum Gasteiger partial charge on any atom is 0.233 e. The van der Waals surface area contributed by atoms with E-state index in [1.165, 1.54) is 16.7 Å². The number of rotatable bonds is 5. The van der Waals surface area contributed by atoms with E-state index in [2.05, 4.69) is 15.2 Å². The maximum atomic E-state index is 12.1. The van der Waals surface area contributed by atoms with Gasteiger partial charge in [-0.05, 0) is 6.42 Å². The van der Waals surface area contributed by atoms with Gasteiger partial charge in [-0.2, -0.15) is 0 Å². The quantitative estimate of drug-likeness (QED) is 0.796.